The Morgan fingerprint density at radius 3 is 2.63 bits per heavy atom. The van der Waals surface area contributed by atoms with Crippen LogP contribution < -0.4 is 0 Å². The third-order valence-electron chi connectivity index (χ3n) is 3.66. The van der Waals surface area contributed by atoms with Gasteiger partial charge in [-0.1, -0.05) is 19.1 Å². The first-order chi connectivity index (χ1) is 8.95. The van der Waals surface area contributed by atoms with Gasteiger partial charge >= 0.3 is 0 Å². The van der Waals surface area contributed by atoms with Crippen LogP contribution in [-0.2, 0) is 10.0 Å². The van der Waals surface area contributed by atoms with Crippen LogP contribution in [0.2, 0.25) is 0 Å². The van der Waals surface area contributed by atoms with Gasteiger partial charge in [-0.05, 0) is 18.8 Å². The van der Waals surface area contributed by atoms with Crippen molar-refractivity contribution in [2.45, 2.75) is 38.6 Å². The molecule has 6 nitrogen and oxygen atoms in total. The minimum absolute atomic E-state index is 0.155. The molecule has 0 N–H and O–H groups in total. The number of aromatic nitrogens is 3. The molecule has 0 spiro atoms. The van der Waals surface area contributed by atoms with Crippen molar-refractivity contribution < 1.29 is 8.42 Å². The average molecular weight is 284 g/mol. The second-order valence-electron chi connectivity index (χ2n) is 6.04. The number of nitrogens with zero attached hydrogens (tertiary/aromatic N) is 4. The molecule has 1 aromatic heterocycles. The predicted molar refractivity (Wildman–Crippen MR) is 71.2 cm³/mol. The molecule has 0 radical (unpaired) electrons. The summed E-state index contributed by atoms with van der Waals surface area (Å²) in [6.45, 7) is 4.91. The Balaban J connectivity index is 1.59. The molecule has 0 unspecified atom stereocenters. The van der Waals surface area contributed by atoms with E-state index in [-0.39, 0.29) is 17.7 Å². The van der Waals surface area contributed by atoms with Crippen LogP contribution in [0.25, 0.3) is 0 Å². The van der Waals surface area contributed by atoms with Crippen LogP contribution in [0.1, 0.15) is 44.3 Å². The fourth-order valence-corrected chi connectivity index (χ4v) is 4.22. The van der Waals surface area contributed by atoms with E-state index in [9.17, 15) is 8.42 Å². The Kier molecular flexibility index (Phi) is 3.13. The van der Waals surface area contributed by atoms with E-state index in [2.05, 4.69) is 10.3 Å². The van der Waals surface area contributed by atoms with Crippen molar-refractivity contribution in [3.05, 3.63) is 11.9 Å². The highest BCUT2D eigenvalue weighted by atomic mass is 32.2. The number of hydrogen-bond acceptors (Lipinski definition) is 4. The minimum Gasteiger partial charge on any atom is -0.247 e. The fourth-order valence-electron chi connectivity index (χ4n) is 2.37. The van der Waals surface area contributed by atoms with Gasteiger partial charge in [0.15, 0.2) is 0 Å². The standard InChI is InChI=1S/C12H20N4O2S/c1-9(2)8-19(17,18)15-5-11(6-15)16-7-12(13-14-16)10-3-4-10/h7,9-11H,3-6,8H2,1-2H3. The zero-order valence-corrected chi connectivity index (χ0v) is 12.2. The van der Waals surface area contributed by atoms with Gasteiger partial charge in [-0.15, -0.1) is 5.10 Å². The minimum atomic E-state index is -3.09. The van der Waals surface area contributed by atoms with Gasteiger partial charge in [-0.25, -0.2) is 13.1 Å². The maximum Gasteiger partial charge on any atom is 0.214 e. The molecule has 0 amide bonds. The summed E-state index contributed by atoms with van der Waals surface area (Å²) in [6.07, 6.45) is 4.39. The van der Waals surface area contributed by atoms with E-state index >= 15 is 0 Å². The van der Waals surface area contributed by atoms with Crippen LogP contribution in [-0.4, -0.2) is 46.6 Å². The Morgan fingerprint density at radius 2 is 2.05 bits per heavy atom. The van der Waals surface area contributed by atoms with Gasteiger partial charge in [-0.3, -0.25) is 0 Å². The molecule has 1 aliphatic carbocycles. The van der Waals surface area contributed by atoms with Crippen LogP contribution in [0.4, 0.5) is 0 Å². The summed E-state index contributed by atoms with van der Waals surface area (Å²) in [7, 11) is -3.09. The van der Waals surface area contributed by atoms with Gasteiger partial charge in [0, 0.05) is 25.2 Å². The first-order valence-corrected chi connectivity index (χ1v) is 8.46. The summed E-state index contributed by atoms with van der Waals surface area (Å²) in [5.41, 5.74) is 1.06. The number of sulfonamides is 1. The van der Waals surface area contributed by atoms with E-state index in [1.54, 1.807) is 4.31 Å². The van der Waals surface area contributed by atoms with Gasteiger partial charge < -0.3 is 0 Å². The van der Waals surface area contributed by atoms with E-state index in [4.69, 9.17) is 0 Å². The molecular formula is C12H20N4O2S. The molecule has 3 rings (SSSR count). The molecule has 0 aromatic carbocycles. The lowest BCUT2D eigenvalue weighted by Gasteiger charge is -2.38. The third-order valence-corrected chi connectivity index (χ3v) is 5.84. The van der Waals surface area contributed by atoms with Crippen molar-refractivity contribution >= 4 is 10.0 Å². The van der Waals surface area contributed by atoms with Crippen LogP contribution in [0.5, 0.6) is 0 Å². The molecule has 19 heavy (non-hydrogen) atoms. The zero-order chi connectivity index (χ0) is 13.6. The number of hydrogen-bond donors (Lipinski definition) is 0. The summed E-state index contributed by atoms with van der Waals surface area (Å²) in [4.78, 5) is 0. The van der Waals surface area contributed by atoms with Crippen LogP contribution in [0, 0.1) is 5.92 Å². The Hall–Kier alpha value is -0.950. The quantitative estimate of drug-likeness (QED) is 0.809. The zero-order valence-electron chi connectivity index (χ0n) is 11.4. The van der Waals surface area contributed by atoms with Crippen molar-refractivity contribution in [3.63, 3.8) is 0 Å². The van der Waals surface area contributed by atoms with Crippen LogP contribution in [0.3, 0.4) is 0 Å². The van der Waals surface area contributed by atoms with Crippen molar-refractivity contribution in [2.24, 2.45) is 5.92 Å². The largest absolute Gasteiger partial charge is 0.247 e. The molecule has 1 saturated carbocycles. The second-order valence-corrected chi connectivity index (χ2v) is 8.05. The molecule has 1 saturated heterocycles. The Morgan fingerprint density at radius 1 is 1.37 bits per heavy atom. The maximum atomic E-state index is 12.0. The van der Waals surface area contributed by atoms with Crippen molar-refractivity contribution in [1.29, 1.82) is 0 Å². The van der Waals surface area contributed by atoms with E-state index in [1.807, 2.05) is 24.7 Å². The number of rotatable bonds is 5. The highest BCUT2D eigenvalue weighted by Crippen LogP contribution is 2.39. The molecule has 2 heterocycles. The summed E-state index contributed by atoms with van der Waals surface area (Å²) in [5.74, 6) is 0.983. The molecule has 2 aliphatic rings. The molecule has 0 atom stereocenters. The molecule has 1 aliphatic heterocycles. The fraction of sp³-hybridized carbons (Fsp3) is 0.833. The first kappa shape index (κ1) is 13.1. The van der Waals surface area contributed by atoms with E-state index in [0.717, 1.165) is 5.69 Å². The third kappa shape index (κ3) is 2.67. The molecule has 2 fully saturated rings. The van der Waals surface area contributed by atoms with Crippen molar-refractivity contribution in [1.82, 2.24) is 19.3 Å². The Bertz CT molecular complexity index is 556. The van der Waals surface area contributed by atoms with Gasteiger partial charge in [0.25, 0.3) is 0 Å². The lowest BCUT2D eigenvalue weighted by molar-refractivity contribution is 0.188. The molecule has 7 heteroatoms. The molecule has 0 bridgehead atoms. The topological polar surface area (TPSA) is 68.1 Å². The SMILES string of the molecule is CC(C)CS(=O)(=O)N1CC(n2cc(C3CC3)nn2)C1. The Labute approximate surface area is 113 Å². The van der Waals surface area contributed by atoms with Crippen molar-refractivity contribution in [3.8, 4) is 0 Å². The summed E-state index contributed by atoms with van der Waals surface area (Å²) in [5, 5.41) is 8.28. The lowest BCUT2D eigenvalue weighted by Crippen LogP contribution is -2.51. The lowest BCUT2D eigenvalue weighted by atomic mass is 10.2. The highest BCUT2D eigenvalue weighted by Gasteiger charge is 2.38. The average Bonchev–Trinajstić information content (AvgIpc) is 2.95. The van der Waals surface area contributed by atoms with E-state index in [1.165, 1.54) is 12.8 Å². The van der Waals surface area contributed by atoms with Crippen LogP contribution >= 0.6 is 0 Å². The summed E-state index contributed by atoms with van der Waals surface area (Å²) in [6, 6.07) is 0.155. The first-order valence-electron chi connectivity index (χ1n) is 6.85. The van der Waals surface area contributed by atoms with Gasteiger partial charge in [0.1, 0.15) is 0 Å². The maximum absolute atomic E-state index is 12.0. The summed E-state index contributed by atoms with van der Waals surface area (Å²) < 4.78 is 27.4. The van der Waals surface area contributed by atoms with Crippen LogP contribution in [0.15, 0.2) is 6.20 Å². The molecule has 106 valence electrons. The van der Waals surface area contributed by atoms with E-state index in [0.29, 0.717) is 19.0 Å². The van der Waals surface area contributed by atoms with Gasteiger partial charge in [0.05, 0.1) is 17.5 Å². The second kappa shape index (κ2) is 4.56. The van der Waals surface area contributed by atoms with E-state index < -0.39 is 10.0 Å². The highest BCUT2D eigenvalue weighted by molar-refractivity contribution is 7.89. The van der Waals surface area contributed by atoms with Crippen molar-refractivity contribution in [2.75, 3.05) is 18.8 Å². The predicted octanol–water partition coefficient (Wildman–Crippen LogP) is 0.998. The normalized spacial score (nSPS) is 21.8. The molecular weight excluding hydrogens is 264 g/mol. The summed E-state index contributed by atoms with van der Waals surface area (Å²) >= 11 is 0. The smallest absolute Gasteiger partial charge is 0.214 e. The van der Waals surface area contributed by atoms with Gasteiger partial charge in [-0.2, -0.15) is 4.31 Å². The van der Waals surface area contributed by atoms with Gasteiger partial charge in [0.2, 0.25) is 10.0 Å². The monoisotopic (exact) mass is 284 g/mol. The molecule has 1 aromatic rings.